The van der Waals surface area contributed by atoms with Gasteiger partial charge in [0.05, 0.1) is 11.6 Å². The molecule has 3 rings (SSSR count). The van der Waals surface area contributed by atoms with E-state index in [1.54, 1.807) is 12.1 Å². The summed E-state index contributed by atoms with van der Waals surface area (Å²) in [4.78, 5) is 16.7. The highest BCUT2D eigenvalue weighted by molar-refractivity contribution is 6.33. The van der Waals surface area contributed by atoms with Crippen molar-refractivity contribution in [3.63, 3.8) is 0 Å². The van der Waals surface area contributed by atoms with Crippen LogP contribution in [-0.2, 0) is 11.3 Å². The van der Waals surface area contributed by atoms with Crippen LogP contribution in [0.2, 0.25) is 5.02 Å². The van der Waals surface area contributed by atoms with Gasteiger partial charge in [-0.2, -0.15) is 4.98 Å². The predicted molar refractivity (Wildman–Crippen MR) is 102 cm³/mol. The van der Waals surface area contributed by atoms with Crippen molar-refractivity contribution in [2.75, 3.05) is 0 Å². The Morgan fingerprint density at radius 2 is 1.96 bits per heavy atom. The number of rotatable bonds is 7. The van der Waals surface area contributed by atoms with Gasteiger partial charge in [0.15, 0.2) is 6.10 Å². The Morgan fingerprint density at radius 1 is 1.22 bits per heavy atom. The topological polar surface area (TPSA) is 77.2 Å². The van der Waals surface area contributed by atoms with Gasteiger partial charge in [-0.1, -0.05) is 53.5 Å². The minimum absolute atomic E-state index is 0.115. The van der Waals surface area contributed by atoms with Gasteiger partial charge >= 0.3 is 0 Å². The molecule has 1 N–H and O–H groups in total. The summed E-state index contributed by atoms with van der Waals surface area (Å²) in [5.41, 5.74) is 1.81. The van der Waals surface area contributed by atoms with Gasteiger partial charge in [0.2, 0.25) is 11.7 Å². The van der Waals surface area contributed by atoms with Crippen molar-refractivity contribution in [3.05, 3.63) is 65.0 Å². The van der Waals surface area contributed by atoms with E-state index in [-0.39, 0.29) is 12.5 Å². The quantitative estimate of drug-likeness (QED) is 0.660. The number of aryl methyl sites for hydroxylation is 1. The molecule has 0 saturated heterocycles. The van der Waals surface area contributed by atoms with Crippen molar-refractivity contribution >= 4 is 17.5 Å². The fraction of sp³-hybridized carbons (Fsp3) is 0.250. The first-order chi connectivity index (χ1) is 13.1. The smallest absolute Gasteiger partial charge is 0.261 e. The van der Waals surface area contributed by atoms with Gasteiger partial charge < -0.3 is 14.6 Å². The van der Waals surface area contributed by atoms with Crippen LogP contribution in [0, 0.1) is 6.92 Å². The highest BCUT2D eigenvalue weighted by atomic mass is 35.5. The number of ether oxygens (including phenoxy) is 1. The molecule has 6 nitrogen and oxygen atoms in total. The fourth-order valence-corrected chi connectivity index (χ4v) is 2.68. The van der Waals surface area contributed by atoms with Gasteiger partial charge in [-0.05, 0) is 37.6 Å². The largest absolute Gasteiger partial charge is 0.481 e. The summed E-state index contributed by atoms with van der Waals surface area (Å²) in [6, 6.07) is 14.8. The molecule has 2 aromatic carbocycles. The highest BCUT2D eigenvalue weighted by Gasteiger charge is 2.19. The lowest BCUT2D eigenvalue weighted by atomic mass is 10.2. The number of aromatic nitrogens is 2. The summed E-state index contributed by atoms with van der Waals surface area (Å²) in [6.45, 7) is 4.00. The zero-order valence-electron chi connectivity index (χ0n) is 15.1. The molecule has 0 bridgehead atoms. The maximum Gasteiger partial charge on any atom is 0.261 e. The second kappa shape index (κ2) is 8.68. The molecule has 1 aromatic heterocycles. The Balaban J connectivity index is 1.59. The summed E-state index contributed by atoms with van der Waals surface area (Å²) in [7, 11) is 0. The Kier molecular flexibility index (Phi) is 6.08. The molecule has 0 aliphatic carbocycles. The molecule has 1 amide bonds. The van der Waals surface area contributed by atoms with E-state index in [2.05, 4.69) is 15.5 Å². The van der Waals surface area contributed by atoms with Crippen molar-refractivity contribution in [2.45, 2.75) is 32.9 Å². The van der Waals surface area contributed by atoms with Gasteiger partial charge in [-0.15, -0.1) is 0 Å². The van der Waals surface area contributed by atoms with Crippen LogP contribution in [-0.4, -0.2) is 22.2 Å². The molecule has 0 aliphatic heterocycles. The average molecular weight is 386 g/mol. The molecular formula is C20H20ClN3O3. The number of nitrogens with zero attached hydrogens (tertiary/aromatic N) is 2. The second-order valence-corrected chi connectivity index (χ2v) is 6.44. The van der Waals surface area contributed by atoms with Crippen LogP contribution < -0.4 is 10.1 Å². The monoisotopic (exact) mass is 385 g/mol. The molecule has 140 valence electrons. The maximum absolute atomic E-state index is 12.4. The standard InChI is InChI=1S/C20H20ClN3O3/c1-3-17(26-14-10-8-13(2)9-11-14)20(25)22-12-18-23-19(24-27-18)15-6-4-5-7-16(15)21/h4-11,17H,3,12H2,1-2H3,(H,22,25)/t17-/m1/s1. The minimum Gasteiger partial charge on any atom is -0.481 e. The minimum atomic E-state index is -0.598. The summed E-state index contributed by atoms with van der Waals surface area (Å²) in [5, 5.41) is 7.21. The molecule has 0 saturated carbocycles. The van der Waals surface area contributed by atoms with Crippen molar-refractivity contribution in [1.29, 1.82) is 0 Å². The predicted octanol–water partition coefficient (Wildman–Crippen LogP) is 4.17. The number of amides is 1. The highest BCUT2D eigenvalue weighted by Crippen LogP contribution is 2.24. The summed E-state index contributed by atoms with van der Waals surface area (Å²) in [6.07, 6.45) is -0.0623. The van der Waals surface area contributed by atoms with Crippen molar-refractivity contribution in [3.8, 4) is 17.1 Å². The zero-order chi connectivity index (χ0) is 19.2. The molecule has 0 fully saturated rings. The van der Waals surface area contributed by atoms with E-state index < -0.39 is 6.10 Å². The van der Waals surface area contributed by atoms with Gasteiger partial charge in [0.1, 0.15) is 5.75 Å². The fourth-order valence-electron chi connectivity index (χ4n) is 2.46. The van der Waals surface area contributed by atoms with Crippen LogP contribution in [0.4, 0.5) is 0 Å². The third-order valence-electron chi connectivity index (χ3n) is 3.96. The lowest BCUT2D eigenvalue weighted by Crippen LogP contribution is -2.37. The van der Waals surface area contributed by atoms with Crippen LogP contribution in [0.1, 0.15) is 24.8 Å². The lowest BCUT2D eigenvalue weighted by Gasteiger charge is -2.16. The van der Waals surface area contributed by atoms with Gasteiger partial charge in [-0.25, -0.2) is 0 Å². The van der Waals surface area contributed by atoms with E-state index >= 15 is 0 Å². The van der Waals surface area contributed by atoms with E-state index in [0.717, 1.165) is 5.56 Å². The van der Waals surface area contributed by atoms with Crippen LogP contribution in [0.15, 0.2) is 53.1 Å². The number of nitrogens with one attached hydrogen (secondary N) is 1. The van der Waals surface area contributed by atoms with Gasteiger partial charge in [-0.3, -0.25) is 4.79 Å². The molecule has 1 heterocycles. The van der Waals surface area contributed by atoms with Crippen LogP contribution in [0.5, 0.6) is 5.75 Å². The van der Waals surface area contributed by atoms with Crippen molar-refractivity contribution in [1.82, 2.24) is 15.5 Å². The van der Waals surface area contributed by atoms with E-state index in [4.69, 9.17) is 20.9 Å². The van der Waals surface area contributed by atoms with Crippen LogP contribution in [0.3, 0.4) is 0 Å². The van der Waals surface area contributed by atoms with E-state index in [1.807, 2.05) is 50.2 Å². The number of halogens is 1. The summed E-state index contributed by atoms with van der Waals surface area (Å²) < 4.78 is 11.0. The Hall–Kier alpha value is -2.86. The summed E-state index contributed by atoms with van der Waals surface area (Å²) in [5.74, 6) is 1.09. The van der Waals surface area contributed by atoms with Crippen LogP contribution in [0.25, 0.3) is 11.4 Å². The maximum atomic E-state index is 12.4. The molecule has 1 atom stereocenters. The zero-order valence-corrected chi connectivity index (χ0v) is 15.9. The number of hydrogen-bond acceptors (Lipinski definition) is 5. The number of hydrogen-bond donors (Lipinski definition) is 1. The molecule has 0 aliphatic rings. The normalized spacial score (nSPS) is 11.8. The van der Waals surface area contributed by atoms with Gasteiger partial charge in [0.25, 0.3) is 5.91 Å². The molecule has 0 radical (unpaired) electrons. The molecule has 0 unspecified atom stereocenters. The van der Waals surface area contributed by atoms with E-state index in [1.165, 1.54) is 0 Å². The number of carbonyl (C=O) groups is 1. The second-order valence-electron chi connectivity index (χ2n) is 6.04. The molecule has 7 heteroatoms. The SMILES string of the molecule is CC[C@@H](Oc1ccc(C)cc1)C(=O)NCc1nc(-c2ccccc2Cl)no1. The van der Waals surface area contributed by atoms with E-state index in [0.29, 0.717) is 34.5 Å². The first-order valence-electron chi connectivity index (χ1n) is 8.65. The number of benzene rings is 2. The Labute approximate surface area is 162 Å². The van der Waals surface area contributed by atoms with E-state index in [9.17, 15) is 4.79 Å². The lowest BCUT2D eigenvalue weighted by molar-refractivity contribution is -0.128. The number of carbonyl (C=O) groups excluding carboxylic acids is 1. The Morgan fingerprint density at radius 3 is 2.67 bits per heavy atom. The van der Waals surface area contributed by atoms with Gasteiger partial charge in [0, 0.05) is 5.56 Å². The molecular weight excluding hydrogens is 366 g/mol. The first kappa shape index (κ1) is 18.9. The molecule has 27 heavy (non-hydrogen) atoms. The Bertz CT molecular complexity index is 909. The molecule has 0 spiro atoms. The van der Waals surface area contributed by atoms with Crippen LogP contribution >= 0.6 is 11.6 Å². The van der Waals surface area contributed by atoms with Crippen molar-refractivity contribution < 1.29 is 14.1 Å². The third-order valence-corrected chi connectivity index (χ3v) is 4.29. The third kappa shape index (κ3) is 4.86. The first-order valence-corrected chi connectivity index (χ1v) is 9.03. The summed E-state index contributed by atoms with van der Waals surface area (Å²) >= 11 is 6.13. The average Bonchev–Trinajstić information content (AvgIpc) is 3.15. The van der Waals surface area contributed by atoms with Crippen molar-refractivity contribution in [2.24, 2.45) is 0 Å². The molecule has 3 aromatic rings.